The van der Waals surface area contributed by atoms with Crippen LogP contribution in [0.2, 0.25) is 0 Å². The van der Waals surface area contributed by atoms with Crippen molar-refractivity contribution in [3.05, 3.63) is 58.5 Å². The van der Waals surface area contributed by atoms with E-state index in [2.05, 4.69) is 33.6 Å². The molecule has 0 radical (unpaired) electrons. The summed E-state index contributed by atoms with van der Waals surface area (Å²) in [7, 11) is 0. The number of furan rings is 1. The Morgan fingerprint density at radius 3 is 2.48 bits per heavy atom. The fourth-order valence-corrected chi connectivity index (χ4v) is 4.77. The lowest BCUT2D eigenvalue weighted by atomic mass is 10.0. The molecule has 1 N–H and O–H groups in total. The number of pyridine rings is 1. The molecule has 4 heterocycles. The molecule has 0 amide bonds. The number of aromatic amines is 1. The Labute approximate surface area is 194 Å². The molecule has 33 heavy (non-hydrogen) atoms. The van der Waals surface area contributed by atoms with Gasteiger partial charge in [-0.15, -0.1) is 11.3 Å². The van der Waals surface area contributed by atoms with Gasteiger partial charge in [0.15, 0.2) is 0 Å². The van der Waals surface area contributed by atoms with E-state index in [0.29, 0.717) is 11.4 Å². The first-order chi connectivity index (χ1) is 15.8. The predicted molar refractivity (Wildman–Crippen MR) is 125 cm³/mol. The molecule has 0 aliphatic rings. The summed E-state index contributed by atoms with van der Waals surface area (Å²) in [6.45, 7) is 6.01. The highest BCUT2D eigenvalue weighted by Gasteiger charge is 2.33. The van der Waals surface area contributed by atoms with Crippen molar-refractivity contribution < 1.29 is 17.6 Å². The monoisotopic (exact) mass is 473 g/mol. The van der Waals surface area contributed by atoms with Crippen molar-refractivity contribution in [2.45, 2.75) is 59.1 Å². The second-order valence-electron chi connectivity index (χ2n) is 8.21. The van der Waals surface area contributed by atoms with Crippen LogP contribution in [-0.4, -0.2) is 15.2 Å². The van der Waals surface area contributed by atoms with Crippen molar-refractivity contribution in [2.24, 2.45) is 0 Å². The van der Waals surface area contributed by atoms with E-state index in [-0.39, 0.29) is 5.69 Å². The highest BCUT2D eigenvalue weighted by Crippen LogP contribution is 2.37. The van der Waals surface area contributed by atoms with Crippen molar-refractivity contribution in [3.63, 3.8) is 0 Å². The van der Waals surface area contributed by atoms with Gasteiger partial charge >= 0.3 is 6.18 Å². The summed E-state index contributed by atoms with van der Waals surface area (Å²) in [5, 5.41) is 8.06. The van der Waals surface area contributed by atoms with Gasteiger partial charge in [0.05, 0.1) is 11.4 Å². The summed E-state index contributed by atoms with van der Waals surface area (Å²) in [4.78, 5) is 5.78. The topological polar surface area (TPSA) is 54.7 Å². The van der Waals surface area contributed by atoms with Crippen LogP contribution in [0, 0.1) is 13.8 Å². The third-order valence-electron chi connectivity index (χ3n) is 5.84. The Hall–Kier alpha value is -2.87. The summed E-state index contributed by atoms with van der Waals surface area (Å²) in [5.74, 6) is 0.783. The number of aromatic nitrogens is 3. The minimum Gasteiger partial charge on any atom is -0.469 e. The van der Waals surface area contributed by atoms with Gasteiger partial charge in [-0.2, -0.15) is 18.3 Å². The van der Waals surface area contributed by atoms with Crippen molar-refractivity contribution in [1.29, 1.82) is 0 Å². The van der Waals surface area contributed by atoms with Gasteiger partial charge in [0.25, 0.3) is 0 Å². The molecular weight excluding hydrogens is 447 g/mol. The quantitative estimate of drug-likeness (QED) is 0.262. The number of alkyl halides is 3. The summed E-state index contributed by atoms with van der Waals surface area (Å²) >= 11 is 1.63. The maximum Gasteiger partial charge on any atom is 0.432 e. The molecule has 0 spiro atoms. The standard InChI is InChI=1S/C25H26F3N3OS/c1-4-5-6-7-8-17-9-10-33-24(17)18-11-20(19-14-32-16(3)15(19)2)29-21(12-18)22-13-23(31-30-22)25(26,27)28/h9-14H,4-8H2,1-3H3,(H,30,31). The van der Waals surface area contributed by atoms with Gasteiger partial charge in [-0.05, 0) is 73.0 Å². The van der Waals surface area contributed by atoms with Gasteiger partial charge in [-0.1, -0.05) is 26.2 Å². The molecule has 0 bridgehead atoms. The SMILES string of the molecule is CCCCCCc1ccsc1-c1cc(-c2cc(C(F)(F)F)[nH]n2)nc(-c2coc(C)c2C)c1. The molecule has 0 aromatic carbocycles. The second kappa shape index (κ2) is 9.55. The van der Waals surface area contributed by atoms with E-state index in [1.165, 1.54) is 24.8 Å². The first-order valence-electron chi connectivity index (χ1n) is 11.0. The molecular formula is C25H26F3N3OS. The molecule has 4 rings (SSSR count). The number of nitrogens with one attached hydrogen (secondary N) is 1. The van der Waals surface area contributed by atoms with E-state index in [1.54, 1.807) is 17.6 Å². The molecule has 0 unspecified atom stereocenters. The van der Waals surface area contributed by atoms with Crippen LogP contribution in [0.4, 0.5) is 13.2 Å². The minimum absolute atomic E-state index is 0.157. The Bertz CT molecular complexity index is 1240. The summed E-state index contributed by atoms with van der Waals surface area (Å²) in [6, 6.07) is 6.95. The molecule has 0 aliphatic carbocycles. The van der Waals surface area contributed by atoms with E-state index < -0.39 is 11.9 Å². The highest BCUT2D eigenvalue weighted by molar-refractivity contribution is 7.13. The number of hydrogen-bond acceptors (Lipinski definition) is 4. The number of thiophene rings is 1. The van der Waals surface area contributed by atoms with Crippen LogP contribution in [-0.2, 0) is 12.6 Å². The van der Waals surface area contributed by atoms with Crippen LogP contribution in [0.15, 0.2) is 40.3 Å². The molecule has 4 aromatic rings. The van der Waals surface area contributed by atoms with Gasteiger partial charge in [0, 0.05) is 10.4 Å². The Morgan fingerprint density at radius 2 is 1.82 bits per heavy atom. The lowest BCUT2D eigenvalue weighted by molar-refractivity contribution is -0.141. The number of hydrogen-bond donors (Lipinski definition) is 1. The summed E-state index contributed by atoms with van der Waals surface area (Å²) in [5.41, 5.74) is 4.25. The molecule has 0 saturated carbocycles. The van der Waals surface area contributed by atoms with Crippen LogP contribution in [0.1, 0.15) is 55.2 Å². The molecule has 0 aliphatic heterocycles. The number of H-pyrrole nitrogens is 1. The smallest absolute Gasteiger partial charge is 0.432 e. The van der Waals surface area contributed by atoms with E-state index in [4.69, 9.17) is 4.42 Å². The third kappa shape index (κ3) is 5.05. The van der Waals surface area contributed by atoms with E-state index >= 15 is 0 Å². The fourth-order valence-electron chi connectivity index (χ4n) is 3.82. The predicted octanol–water partition coefficient (Wildman–Crippen LogP) is 8.22. The second-order valence-corrected chi connectivity index (χ2v) is 9.12. The molecule has 8 heteroatoms. The Kier molecular flexibility index (Phi) is 6.74. The van der Waals surface area contributed by atoms with Crippen LogP contribution in [0.3, 0.4) is 0 Å². The average Bonchev–Trinajstić information content (AvgIpc) is 3.52. The lowest BCUT2D eigenvalue weighted by Gasteiger charge is -2.09. The number of rotatable bonds is 8. The van der Waals surface area contributed by atoms with E-state index in [9.17, 15) is 13.2 Å². The first kappa shape index (κ1) is 23.3. The van der Waals surface area contributed by atoms with Crippen LogP contribution < -0.4 is 0 Å². The van der Waals surface area contributed by atoms with Crippen molar-refractivity contribution in [1.82, 2.24) is 15.2 Å². The largest absolute Gasteiger partial charge is 0.469 e. The van der Waals surface area contributed by atoms with Gasteiger partial charge in [0.1, 0.15) is 23.4 Å². The highest BCUT2D eigenvalue weighted by atomic mass is 32.1. The zero-order chi connectivity index (χ0) is 23.6. The van der Waals surface area contributed by atoms with E-state index in [1.807, 2.05) is 26.0 Å². The minimum atomic E-state index is -4.50. The molecule has 0 fully saturated rings. The summed E-state index contributed by atoms with van der Waals surface area (Å²) in [6.07, 6.45) is 2.80. The van der Waals surface area contributed by atoms with Gasteiger partial charge in [-0.3, -0.25) is 5.10 Å². The number of aryl methyl sites for hydroxylation is 2. The molecule has 0 atom stereocenters. The first-order valence-corrected chi connectivity index (χ1v) is 11.9. The number of halogens is 3. The zero-order valence-corrected chi connectivity index (χ0v) is 19.7. The molecule has 174 valence electrons. The normalized spacial score (nSPS) is 11.9. The van der Waals surface area contributed by atoms with Crippen molar-refractivity contribution >= 4 is 11.3 Å². The van der Waals surface area contributed by atoms with E-state index in [0.717, 1.165) is 46.2 Å². The zero-order valence-electron chi connectivity index (χ0n) is 18.8. The average molecular weight is 474 g/mol. The Morgan fingerprint density at radius 1 is 1.03 bits per heavy atom. The van der Waals surface area contributed by atoms with Crippen molar-refractivity contribution in [3.8, 4) is 33.1 Å². The molecule has 4 nitrogen and oxygen atoms in total. The van der Waals surface area contributed by atoms with Crippen molar-refractivity contribution in [2.75, 3.05) is 0 Å². The van der Waals surface area contributed by atoms with Gasteiger partial charge in [0.2, 0.25) is 0 Å². The fraction of sp³-hybridized carbons (Fsp3) is 0.360. The number of unbranched alkanes of at least 4 members (excludes halogenated alkanes) is 3. The van der Waals surface area contributed by atoms with Crippen LogP contribution in [0.25, 0.3) is 33.1 Å². The van der Waals surface area contributed by atoms with Crippen LogP contribution in [0.5, 0.6) is 0 Å². The molecule has 4 aromatic heterocycles. The lowest BCUT2D eigenvalue weighted by Crippen LogP contribution is -2.04. The number of nitrogens with zero attached hydrogens (tertiary/aromatic N) is 2. The van der Waals surface area contributed by atoms with Gasteiger partial charge in [-0.25, -0.2) is 4.98 Å². The van der Waals surface area contributed by atoms with Gasteiger partial charge < -0.3 is 4.42 Å². The summed E-state index contributed by atoms with van der Waals surface area (Å²) < 4.78 is 45.0. The molecule has 0 saturated heterocycles. The maximum atomic E-state index is 13.1. The van der Waals surface area contributed by atoms with Crippen LogP contribution >= 0.6 is 11.3 Å². The third-order valence-corrected chi connectivity index (χ3v) is 6.85. The Balaban J connectivity index is 1.79. The maximum absolute atomic E-state index is 13.1.